The lowest BCUT2D eigenvalue weighted by Gasteiger charge is -2.12. The molecule has 0 saturated heterocycles. The second-order valence-electron chi connectivity index (χ2n) is 8.10. The van der Waals surface area contributed by atoms with Crippen molar-refractivity contribution in [2.24, 2.45) is 0 Å². The van der Waals surface area contributed by atoms with E-state index < -0.39 is 0 Å². The first kappa shape index (κ1) is 23.1. The van der Waals surface area contributed by atoms with E-state index in [-0.39, 0.29) is 5.82 Å². The van der Waals surface area contributed by atoms with Crippen LogP contribution in [0.5, 0.6) is 11.5 Å². The Labute approximate surface area is 207 Å². The van der Waals surface area contributed by atoms with E-state index in [1.54, 1.807) is 32.4 Å². The maximum Gasteiger partial charge on any atom is 0.225 e. The number of benzene rings is 3. The molecule has 3 aromatic carbocycles. The third-order valence-electron chi connectivity index (χ3n) is 5.82. The highest BCUT2D eigenvalue weighted by molar-refractivity contribution is 5.99. The molecule has 0 bridgehead atoms. The summed E-state index contributed by atoms with van der Waals surface area (Å²) in [5, 5.41) is 8.44. The number of nitrogens with two attached hydrogens (primary N) is 1. The zero-order valence-corrected chi connectivity index (χ0v) is 19.9. The van der Waals surface area contributed by atoms with Gasteiger partial charge >= 0.3 is 0 Å². The van der Waals surface area contributed by atoms with Crippen molar-refractivity contribution in [1.82, 2.24) is 19.7 Å². The summed E-state index contributed by atoms with van der Waals surface area (Å²) < 4.78 is 26.3. The van der Waals surface area contributed by atoms with Crippen LogP contribution in [-0.4, -0.2) is 40.5 Å². The van der Waals surface area contributed by atoms with E-state index >= 15 is 0 Å². The lowest BCUT2D eigenvalue weighted by Crippen LogP contribution is -2.09. The molecule has 2 aromatic heterocycles. The van der Waals surface area contributed by atoms with Crippen molar-refractivity contribution in [3.05, 3.63) is 84.2 Å². The predicted molar refractivity (Wildman–Crippen MR) is 138 cm³/mol. The Balaban J connectivity index is 1.61. The molecule has 2 heterocycles. The summed E-state index contributed by atoms with van der Waals surface area (Å²) in [4.78, 5) is 9.41. The molecule has 0 aliphatic carbocycles. The molecule has 9 heteroatoms. The average Bonchev–Trinajstić information content (AvgIpc) is 3.24. The second-order valence-corrected chi connectivity index (χ2v) is 8.10. The fraction of sp³-hybridized carbons (Fsp3) is 0.148. The van der Waals surface area contributed by atoms with Gasteiger partial charge in [0.15, 0.2) is 17.1 Å². The number of methoxy groups -OCH3 is 2. The standard InChI is InChI=1S/C27H25FN6O2/c1-35-21-12-11-18(15-22(21)36-2)24-23-25(29)34(20-10-6-9-19(28)16-20)33-26(23)32-27(31-24)30-14-13-17-7-4-3-5-8-17/h3-12,15-16H,13-14,29H2,1-2H3,(H,30,32,33). The smallest absolute Gasteiger partial charge is 0.225 e. The lowest BCUT2D eigenvalue weighted by atomic mass is 10.1. The molecule has 0 unspecified atom stereocenters. The Morgan fingerprint density at radius 2 is 1.72 bits per heavy atom. The van der Waals surface area contributed by atoms with Gasteiger partial charge in [-0.1, -0.05) is 36.4 Å². The van der Waals surface area contributed by atoms with Crippen molar-refractivity contribution in [2.45, 2.75) is 6.42 Å². The van der Waals surface area contributed by atoms with Gasteiger partial charge in [0.2, 0.25) is 5.95 Å². The summed E-state index contributed by atoms with van der Waals surface area (Å²) >= 11 is 0. The van der Waals surface area contributed by atoms with Gasteiger partial charge in [0.1, 0.15) is 11.6 Å². The number of hydrogen-bond donors (Lipinski definition) is 2. The van der Waals surface area contributed by atoms with E-state index in [9.17, 15) is 4.39 Å². The van der Waals surface area contributed by atoms with Gasteiger partial charge in [0, 0.05) is 12.1 Å². The number of aromatic nitrogens is 4. The Morgan fingerprint density at radius 3 is 2.47 bits per heavy atom. The van der Waals surface area contributed by atoms with E-state index in [0.717, 1.165) is 12.0 Å². The molecule has 3 N–H and O–H groups in total. The summed E-state index contributed by atoms with van der Waals surface area (Å²) in [5.41, 5.74) is 9.93. The first-order valence-corrected chi connectivity index (χ1v) is 11.4. The molecule has 0 fully saturated rings. The molecule has 0 amide bonds. The SMILES string of the molecule is COc1ccc(-c2nc(NCCc3ccccc3)nc3nn(-c4cccc(F)c4)c(N)c23)cc1OC. The summed E-state index contributed by atoms with van der Waals surface area (Å²) in [5.74, 6) is 1.47. The van der Waals surface area contributed by atoms with Crippen LogP contribution in [0.1, 0.15) is 5.56 Å². The van der Waals surface area contributed by atoms with Crippen LogP contribution in [-0.2, 0) is 6.42 Å². The number of nitrogens with zero attached hydrogens (tertiary/aromatic N) is 4. The largest absolute Gasteiger partial charge is 0.493 e. The summed E-state index contributed by atoms with van der Waals surface area (Å²) in [6.45, 7) is 0.626. The number of ether oxygens (including phenoxy) is 2. The van der Waals surface area contributed by atoms with E-state index in [2.05, 4.69) is 27.5 Å². The van der Waals surface area contributed by atoms with Crippen LogP contribution in [0, 0.1) is 5.82 Å². The van der Waals surface area contributed by atoms with Crippen LogP contribution in [0.4, 0.5) is 16.2 Å². The van der Waals surface area contributed by atoms with Crippen LogP contribution in [0.3, 0.4) is 0 Å². The molecule has 0 saturated carbocycles. The highest BCUT2D eigenvalue weighted by Gasteiger charge is 2.20. The minimum absolute atomic E-state index is 0.302. The summed E-state index contributed by atoms with van der Waals surface area (Å²) in [6, 6.07) is 21.7. The van der Waals surface area contributed by atoms with Gasteiger partial charge in [-0.3, -0.25) is 0 Å². The number of halogens is 1. The van der Waals surface area contributed by atoms with E-state index in [0.29, 0.717) is 52.2 Å². The number of nitrogen functional groups attached to an aromatic ring is 1. The molecule has 8 nitrogen and oxygen atoms in total. The highest BCUT2D eigenvalue weighted by Crippen LogP contribution is 2.37. The van der Waals surface area contributed by atoms with Gasteiger partial charge in [-0.05, 0) is 48.4 Å². The van der Waals surface area contributed by atoms with E-state index in [1.807, 2.05) is 30.3 Å². The molecule has 0 aliphatic heterocycles. The van der Waals surface area contributed by atoms with E-state index in [1.165, 1.54) is 22.4 Å². The monoisotopic (exact) mass is 484 g/mol. The van der Waals surface area contributed by atoms with Crippen LogP contribution in [0.2, 0.25) is 0 Å². The fourth-order valence-electron chi connectivity index (χ4n) is 4.05. The molecule has 182 valence electrons. The molecule has 0 atom stereocenters. The van der Waals surface area contributed by atoms with Gasteiger partial charge < -0.3 is 20.5 Å². The zero-order chi connectivity index (χ0) is 25.1. The van der Waals surface area contributed by atoms with Gasteiger partial charge in [0.25, 0.3) is 0 Å². The number of rotatable bonds is 8. The maximum absolute atomic E-state index is 13.9. The molecule has 36 heavy (non-hydrogen) atoms. The molecular weight excluding hydrogens is 459 g/mol. The first-order valence-electron chi connectivity index (χ1n) is 11.4. The normalized spacial score (nSPS) is 11.0. The lowest BCUT2D eigenvalue weighted by molar-refractivity contribution is 0.355. The number of fused-ring (bicyclic) bond motifs is 1. The van der Waals surface area contributed by atoms with Crippen molar-refractivity contribution < 1.29 is 13.9 Å². The van der Waals surface area contributed by atoms with Crippen LogP contribution < -0.4 is 20.5 Å². The van der Waals surface area contributed by atoms with Gasteiger partial charge in [-0.15, -0.1) is 5.10 Å². The minimum Gasteiger partial charge on any atom is -0.493 e. The second kappa shape index (κ2) is 9.91. The zero-order valence-electron chi connectivity index (χ0n) is 19.9. The van der Waals surface area contributed by atoms with Crippen LogP contribution >= 0.6 is 0 Å². The van der Waals surface area contributed by atoms with Crippen LogP contribution in [0.15, 0.2) is 72.8 Å². The number of anilines is 2. The molecule has 5 rings (SSSR count). The average molecular weight is 485 g/mol. The quantitative estimate of drug-likeness (QED) is 0.324. The third-order valence-corrected chi connectivity index (χ3v) is 5.82. The van der Waals surface area contributed by atoms with Crippen molar-refractivity contribution in [3.8, 4) is 28.4 Å². The number of nitrogens with one attached hydrogen (secondary N) is 1. The summed E-state index contributed by atoms with van der Waals surface area (Å²) in [6.07, 6.45) is 0.799. The Kier molecular flexibility index (Phi) is 6.36. The summed E-state index contributed by atoms with van der Waals surface area (Å²) in [7, 11) is 3.15. The van der Waals surface area contributed by atoms with Gasteiger partial charge in [0.05, 0.1) is 31.0 Å². The maximum atomic E-state index is 13.9. The van der Waals surface area contributed by atoms with Gasteiger partial charge in [-0.25, -0.2) is 14.1 Å². The Hall–Kier alpha value is -4.66. The highest BCUT2D eigenvalue weighted by atomic mass is 19.1. The van der Waals surface area contributed by atoms with Crippen LogP contribution in [0.25, 0.3) is 28.0 Å². The minimum atomic E-state index is -0.388. The Bertz CT molecular complexity index is 1520. The van der Waals surface area contributed by atoms with Crippen molar-refractivity contribution in [3.63, 3.8) is 0 Å². The molecule has 0 radical (unpaired) electrons. The van der Waals surface area contributed by atoms with Crippen molar-refractivity contribution >= 4 is 22.8 Å². The first-order chi connectivity index (χ1) is 17.6. The molecule has 0 spiro atoms. The van der Waals surface area contributed by atoms with Crippen molar-refractivity contribution in [1.29, 1.82) is 0 Å². The number of hydrogen-bond acceptors (Lipinski definition) is 7. The van der Waals surface area contributed by atoms with Gasteiger partial charge in [-0.2, -0.15) is 4.98 Å². The Morgan fingerprint density at radius 1 is 0.917 bits per heavy atom. The topological polar surface area (TPSA) is 100 Å². The predicted octanol–water partition coefficient (Wildman–Crippen LogP) is 4.88. The molecular formula is C27H25FN6O2. The molecule has 0 aliphatic rings. The molecule has 5 aromatic rings. The van der Waals surface area contributed by atoms with E-state index in [4.69, 9.17) is 20.2 Å². The third kappa shape index (κ3) is 4.50. The fourth-order valence-corrected chi connectivity index (χ4v) is 4.05. The van der Waals surface area contributed by atoms with Crippen molar-refractivity contribution in [2.75, 3.05) is 31.8 Å².